The molecule has 0 spiro atoms. The first-order chi connectivity index (χ1) is 15.1. The summed E-state index contributed by atoms with van der Waals surface area (Å²) in [6.45, 7) is 5.23. The Kier molecular flexibility index (Phi) is 7.06. The third-order valence-electron chi connectivity index (χ3n) is 6.06. The number of esters is 1. The number of halogens is 1. The van der Waals surface area contributed by atoms with Crippen LogP contribution in [0, 0.1) is 5.92 Å². The van der Waals surface area contributed by atoms with E-state index in [0.717, 1.165) is 42.1 Å². The smallest absolute Gasteiger partial charge is 0.330 e. The third-order valence-corrected chi connectivity index (χ3v) is 6.29. The Morgan fingerprint density at radius 2 is 1.97 bits per heavy atom. The first-order valence-corrected chi connectivity index (χ1v) is 11.2. The van der Waals surface area contributed by atoms with Crippen molar-refractivity contribution in [1.82, 2.24) is 4.90 Å². The lowest BCUT2D eigenvalue weighted by molar-refractivity contribution is -0.146. The minimum atomic E-state index is -0.376. The van der Waals surface area contributed by atoms with Crippen LogP contribution >= 0.6 is 11.6 Å². The molecule has 0 N–H and O–H groups in total. The van der Waals surface area contributed by atoms with Crippen molar-refractivity contribution < 1.29 is 9.53 Å². The Labute approximate surface area is 189 Å². The van der Waals surface area contributed by atoms with Crippen molar-refractivity contribution in [3.8, 4) is 0 Å². The molecule has 0 bridgehead atoms. The number of nitrogens with zero attached hydrogens (tertiary/aromatic N) is 1. The first-order valence-electron chi connectivity index (χ1n) is 10.8. The van der Waals surface area contributed by atoms with Gasteiger partial charge in [0.05, 0.1) is 6.04 Å². The van der Waals surface area contributed by atoms with Crippen LogP contribution in [0.2, 0.25) is 5.02 Å². The lowest BCUT2D eigenvalue weighted by Crippen LogP contribution is -2.45. The van der Waals surface area contributed by atoms with Gasteiger partial charge in [0.25, 0.3) is 0 Å². The molecule has 1 fully saturated rings. The second-order valence-electron chi connectivity index (χ2n) is 8.21. The lowest BCUT2D eigenvalue weighted by atomic mass is 9.89. The van der Waals surface area contributed by atoms with E-state index in [2.05, 4.69) is 47.9 Å². The summed E-state index contributed by atoms with van der Waals surface area (Å²) in [5, 5.41) is 0.737. The van der Waals surface area contributed by atoms with Crippen molar-refractivity contribution in [3.63, 3.8) is 0 Å². The van der Waals surface area contributed by atoms with Crippen LogP contribution in [0.4, 0.5) is 0 Å². The van der Waals surface area contributed by atoms with Crippen LogP contribution in [0.15, 0.2) is 91.1 Å². The summed E-state index contributed by atoms with van der Waals surface area (Å²) in [5.74, 6) is -0.147. The van der Waals surface area contributed by atoms with E-state index in [1.807, 2.05) is 36.4 Å². The Morgan fingerprint density at radius 3 is 2.74 bits per heavy atom. The molecule has 1 saturated heterocycles. The highest BCUT2D eigenvalue weighted by Gasteiger charge is 2.43. The first kappa shape index (κ1) is 21.6. The summed E-state index contributed by atoms with van der Waals surface area (Å²) in [7, 11) is 0. The fraction of sp³-hybridized carbons (Fsp3) is 0.296. The van der Waals surface area contributed by atoms with Gasteiger partial charge in [0, 0.05) is 36.5 Å². The van der Waals surface area contributed by atoms with Crippen molar-refractivity contribution >= 4 is 17.6 Å². The van der Waals surface area contributed by atoms with Gasteiger partial charge in [-0.15, -0.1) is 0 Å². The average molecular weight is 434 g/mol. The Morgan fingerprint density at radius 1 is 1.16 bits per heavy atom. The fourth-order valence-corrected chi connectivity index (χ4v) is 4.92. The minimum Gasteiger partial charge on any atom is -0.457 e. The van der Waals surface area contributed by atoms with Crippen molar-refractivity contribution in [2.24, 2.45) is 5.92 Å². The molecular formula is C27H28ClNO2. The second kappa shape index (κ2) is 10.1. The summed E-state index contributed by atoms with van der Waals surface area (Å²) >= 11 is 6.25. The molecule has 1 unspecified atom stereocenters. The van der Waals surface area contributed by atoms with Crippen molar-refractivity contribution in [3.05, 3.63) is 107 Å². The molecular weight excluding hydrogens is 406 g/mol. The summed E-state index contributed by atoms with van der Waals surface area (Å²) in [5.41, 5.74) is 3.72. The van der Waals surface area contributed by atoms with Crippen molar-refractivity contribution in [2.75, 3.05) is 6.54 Å². The number of rotatable bonds is 7. The van der Waals surface area contributed by atoms with Crippen LogP contribution in [0.5, 0.6) is 0 Å². The van der Waals surface area contributed by atoms with E-state index >= 15 is 0 Å². The number of ether oxygens (including phenoxy) is 1. The number of fused-ring (bicyclic) bond motifs is 1. The maximum absolute atomic E-state index is 12.3. The highest BCUT2D eigenvalue weighted by Crippen LogP contribution is 2.37. The number of benzene rings is 2. The standard InChI is InChI=1S/C27H28ClNO2/c1-2-26(30)31-25(17-20-10-5-3-6-11-20)27-24-15-8-4-7-13-22(24)19-29(27)18-21-12-9-14-23(28)16-21/h2-3,5-6,8-16,24-25,27H,1,4,7,17-19H2/t24?,25-,27+/m0/s1. The third kappa shape index (κ3) is 5.36. The van der Waals surface area contributed by atoms with Crippen LogP contribution < -0.4 is 0 Å². The van der Waals surface area contributed by atoms with Crippen molar-refractivity contribution in [2.45, 2.75) is 38.0 Å². The van der Waals surface area contributed by atoms with Crippen molar-refractivity contribution in [1.29, 1.82) is 0 Å². The molecule has 1 aliphatic carbocycles. The molecule has 4 rings (SSSR count). The molecule has 2 aromatic carbocycles. The summed E-state index contributed by atoms with van der Waals surface area (Å²) in [6, 6.07) is 18.3. The molecule has 160 valence electrons. The van der Waals surface area contributed by atoms with Gasteiger partial charge in [-0.3, -0.25) is 4.90 Å². The molecule has 2 aliphatic rings. The monoisotopic (exact) mass is 433 g/mol. The zero-order valence-electron chi connectivity index (χ0n) is 17.6. The molecule has 0 radical (unpaired) electrons. The van der Waals surface area contributed by atoms with Gasteiger partial charge in [0.15, 0.2) is 0 Å². The van der Waals surface area contributed by atoms with E-state index in [-0.39, 0.29) is 24.0 Å². The lowest BCUT2D eigenvalue weighted by Gasteiger charge is -2.33. The zero-order chi connectivity index (χ0) is 21.6. The molecule has 1 aliphatic heterocycles. The number of hydrogen-bond acceptors (Lipinski definition) is 3. The number of allylic oxidation sites excluding steroid dienone is 2. The number of likely N-dealkylation sites (tertiary alicyclic amines) is 1. The van der Waals surface area contributed by atoms with E-state index < -0.39 is 0 Å². The van der Waals surface area contributed by atoms with Crippen LogP contribution in [0.3, 0.4) is 0 Å². The maximum atomic E-state index is 12.3. The summed E-state index contributed by atoms with van der Waals surface area (Å²) in [4.78, 5) is 14.7. The van der Waals surface area contributed by atoms with Crippen LogP contribution in [-0.4, -0.2) is 29.6 Å². The SMILES string of the molecule is C=CC(=O)O[C@@H](Cc1ccccc1)[C@H]1C2C=CCCC=C2CN1Cc1cccc(Cl)c1. The van der Waals surface area contributed by atoms with Crippen LogP contribution in [0.25, 0.3) is 0 Å². The molecule has 31 heavy (non-hydrogen) atoms. The number of carbonyl (C=O) groups excluding carboxylic acids is 1. The van der Waals surface area contributed by atoms with E-state index in [1.54, 1.807) is 0 Å². The molecule has 0 saturated carbocycles. The molecule has 1 heterocycles. The number of carbonyl (C=O) groups is 1. The fourth-order valence-electron chi connectivity index (χ4n) is 4.71. The molecule has 0 aromatic heterocycles. The summed E-state index contributed by atoms with van der Waals surface area (Å²) < 4.78 is 5.98. The molecule has 3 nitrogen and oxygen atoms in total. The summed E-state index contributed by atoms with van der Waals surface area (Å²) in [6.07, 6.45) is 10.7. The largest absolute Gasteiger partial charge is 0.457 e. The van der Waals surface area contributed by atoms with Gasteiger partial charge in [0.2, 0.25) is 0 Å². The predicted molar refractivity (Wildman–Crippen MR) is 126 cm³/mol. The Balaban J connectivity index is 1.69. The van der Waals surface area contributed by atoms with E-state index in [1.165, 1.54) is 11.6 Å². The molecule has 2 aromatic rings. The van der Waals surface area contributed by atoms with Gasteiger partial charge in [-0.2, -0.15) is 0 Å². The van der Waals surface area contributed by atoms with Crippen LogP contribution in [-0.2, 0) is 22.5 Å². The van der Waals surface area contributed by atoms with E-state index in [9.17, 15) is 4.79 Å². The topological polar surface area (TPSA) is 29.5 Å². The normalized spacial score (nSPS) is 21.6. The van der Waals surface area contributed by atoms with Gasteiger partial charge in [-0.1, -0.05) is 84.4 Å². The average Bonchev–Trinajstić information content (AvgIpc) is 2.94. The van der Waals surface area contributed by atoms with E-state index in [0.29, 0.717) is 6.42 Å². The van der Waals surface area contributed by atoms with Crippen LogP contribution in [0.1, 0.15) is 24.0 Å². The predicted octanol–water partition coefficient (Wildman–Crippen LogP) is 5.76. The maximum Gasteiger partial charge on any atom is 0.330 e. The second-order valence-corrected chi connectivity index (χ2v) is 8.64. The Hall–Kier alpha value is -2.62. The molecule has 0 amide bonds. The quantitative estimate of drug-likeness (QED) is 0.316. The van der Waals surface area contributed by atoms with Gasteiger partial charge in [-0.25, -0.2) is 4.79 Å². The highest BCUT2D eigenvalue weighted by atomic mass is 35.5. The molecule has 3 atom stereocenters. The minimum absolute atomic E-state index is 0.0451. The van der Waals surface area contributed by atoms with E-state index in [4.69, 9.17) is 16.3 Å². The Bertz CT molecular complexity index is 982. The molecule has 4 heteroatoms. The number of hydrogen-bond donors (Lipinski definition) is 0. The van der Waals surface area contributed by atoms with Gasteiger partial charge in [-0.05, 0) is 36.1 Å². The van der Waals surface area contributed by atoms with Gasteiger partial charge in [0.1, 0.15) is 6.10 Å². The van der Waals surface area contributed by atoms with Gasteiger partial charge < -0.3 is 4.74 Å². The highest BCUT2D eigenvalue weighted by molar-refractivity contribution is 6.30. The van der Waals surface area contributed by atoms with Gasteiger partial charge >= 0.3 is 5.97 Å². The zero-order valence-corrected chi connectivity index (χ0v) is 18.4.